The molecule has 2 aromatic heterocycles. The number of aromatic nitrogens is 2. The van der Waals surface area contributed by atoms with E-state index >= 15 is 0 Å². The quantitative estimate of drug-likeness (QED) is 0.583. The molecule has 0 aliphatic rings. The van der Waals surface area contributed by atoms with Gasteiger partial charge in [-0.1, -0.05) is 0 Å². The maximum Gasteiger partial charge on any atom is 0.423 e. The minimum atomic E-state index is -0.573. The molecule has 0 radical (unpaired) electrons. The lowest BCUT2D eigenvalue weighted by Crippen LogP contribution is -2.22. The van der Waals surface area contributed by atoms with Crippen molar-refractivity contribution in [3.63, 3.8) is 0 Å². The Hall–Kier alpha value is -3.16. The predicted octanol–water partition coefficient (Wildman–Crippen LogP) is 1.69. The van der Waals surface area contributed by atoms with E-state index in [4.69, 9.17) is 4.42 Å². The number of benzene rings is 1. The van der Waals surface area contributed by atoms with Crippen molar-refractivity contribution in [1.29, 1.82) is 0 Å². The lowest BCUT2D eigenvalue weighted by molar-refractivity contribution is -0.384. The number of oxazole rings is 1. The normalized spacial score (nSPS) is 10.8. The van der Waals surface area contributed by atoms with Gasteiger partial charge in [-0.05, 0) is 25.1 Å². The van der Waals surface area contributed by atoms with Gasteiger partial charge in [-0.25, -0.2) is 14.3 Å². The highest BCUT2D eigenvalue weighted by molar-refractivity contribution is 5.75. The molecule has 2 heterocycles. The molecule has 0 spiro atoms. The number of nitrogens with one attached hydrogen (secondary N) is 2. The van der Waals surface area contributed by atoms with Gasteiger partial charge in [0, 0.05) is 11.6 Å². The molecular weight excluding hydrogens is 288 g/mol. The lowest BCUT2D eigenvalue weighted by atomic mass is 10.3. The zero-order chi connectivity index (χ0) is 15.7. The molecule has 2 N–H and O–H groups in total. The average molecular weight is 301 g/mol. The Morgan fingerprint density at radius 2 is 2.23 bits per heavy atom. The number of pyridine rings is 1. The van der Waals surface area contributed by atoms with Crippen molar-refractivity contribution in [2.24, 2.45) is 0 Å². The van der Waals surface area contributed by atoms with Gasteiger partial charge >= 0.3 is 5.76 Å². The van der Waals surface area contributed by atoms with Crippen molar-refractivity contribution in [3.8, 4) is 0 Å². The summed E-state index contributed by atoms with van der Waals surface area (Å²) in [5, 5.41) is 13.8. The number of aryl methyl sites for hydroxylation is 1. The van der Waals surface area contributed by atoms with Gasteiger partial charge in [0.25, 0.3) is 11.5 Å². The van der Waals surface area contributed by atoms with Gasteiger partial charge in [0.05, 0.1) is 22.7 Å². The molecule has 112 valence electrons. The largest absolute Gasteiger partial charge is 0.423 e. The van der Waals surface area contributed by atoms with Gasteiger partial charge in [-0.2, -0.15) is 0 Å². The monoisotopic (exact) mass is 301 g/mol. The molecule has 3 aromatic rings. The van der Waals surface area contributed by atoms with Crippen LogP contribution in [0.25, 0.3) is 11.1 Å². The van der Waals surface area contributed by atoms with E-state index in [0.717, 1.165) is 11.4 Å². The standard InChI is InChI=1S/C14H12N4O4/c1-9-3-2-6-15-13(9)16-8-17-11-5-4-10(18(20)21)7-12(11)22-14(17)19/h2-7H,8H2,1H3,(H,15,16)/p+1. The molecule has 0 aliphatic carbocycles. The fourth-order valence-electron chi connectivity index (χ4n) is 2.19. The van der Waals surface area contributed by atoms with E-state index in [1.54, 1.807) is 6.20 Å². The first-order valence-corrected chi connectivity index (χ1v) is 6.55. The number of aromatic amines is 1. The van der Waals surface area contributed by atoms with Crippen LogP contribution in [-0.2, 0) is 6.67 Å². The number of nitro benzene ring substituents is 1. The molecule has 0 aliphatic heterocycles. The SMILES string of the molecule is Cc1ccc[nH+]c1NCn1c(=O)oc2cc([N+](=O)[O-])ccc21. The smallest absolute Gasteiger partial charge is 0.407 e. The topological polar surface area (TPSA) is 104 Å². The number of hydrogen-bond donors (Lipinski definition) is 1. The van der Waals surface area contributed by atoms with Crippen LogP contribution in [0.1, 0.15) is 5.56 Å². The van der Waals surface area contributed by atoms with Crippen LogP contribution in [0.15, 0.2) is 45.7 Å². The maximum absolute atomic E-state index is 11.9. The fraction of sp³-hybridized carbons (Fsp3) is 0.143. The second-order valence-electron chi connectivity index (χ2n) is 4.77. The number of fused-ring (bicyclic) bond motifs is 1. The summed E-state index contributed by atoms with van der Waals surface area (Å²) in [7, 11) is 0. The molecule has 0 saturated carbocycles. The van der Waals surface area contributed by atoms with Crippen LogP contribution in [0.2, 0.25) is 0 Å². The summed E-state index contributed by atoms with van der Waals surface area (Å²) < 4.78 is 6.44. The number of rotatable bonds is 4. The van der Waals surface area contributed by atoms with Gasteiger partial charge in [-0.3, -0.25) is 15.4 Å². The minimum Gasteiger partial charge on any atom is -0.407 e. The highest BCUT2D eigenvalue weighted by Crippen LogP contribution is 2.20. The molecule has 0 bridgehead atoms. The molecule has 0 unspecified atom stereocenters. The van der Waals surface area contributed by atoms with Gasteiger partial charge in [-0.15, -0.1) is 0 Å². The first kappa shape index (κ1) is 13.8. The Kier molecular flexibility index (Phi) is 3.34. The van der Waals surface area contributed by atoms with Crippen molar-refractivity contribution in [2.75, 3.05) is 5.32 Å². The summed E-state index contributed by atoms with van der Waals surface area (Å²) >= 11 is 0. The fourth-order valence-corrected chi connectivity index (χ4v) is 2.19. The molecule has 22 heavy (non-hydrogen) atoms. The molecule has 0 saturated heterocycles. The number of hydrogen-bond acceptors (Lipinski definition) is 5. The van der Waals surface area contributed by atoms with Crippen LogP contribution >= 0.6 is 0 Å². The van der Waals surface area contributed by atoms with Crippen molar-refractivity contribution < 1.29 is 14.3 Å². The Balaban J connectivity index is 1.94. The average Bonchev–Trinajstić information content (AvgIpc) is 2.81. The summed E-state index contributed by atoms with van der Waals surface area (Å²) in [6.45, 7) is 2.11. The van der Waals surface area contributed by atoms with E-state index in [0.29, 0.717) is 5.52 Å². The minimum absolute atomic E-state index is 0.117. The Morgan fingerprint density at radius 3 is 2.95 bits per heavy atom. The number of nitrogens with zero attached hydrogens (tertiary/aromatic N) is 2. The summed E-state index contributed by atoms with van der Waals surface area (Å²) in [6, 6.07) is 7.89. The molecule has 8 nitrogen and oxygen atoms in total. The third-order valence-electron chi connectivity index (χ3n) is 3.34. The van der Waals surface area contributed by atoms with Gasteiger partial charge in [0.1, 0.15) is 0 Å². The summed E-state index contributed by atoms with van der Waals surface area (Å²) in [6.07, 6.45) is 1.77. The predicted molar refractivity (Wildman–Crippen MR) is 78.5 cm³/mol. The van der Waals surface area contributed by atoms with Crippen LogP contribution in [0, 0.1) is 17.0 Å². The molecule has 0 atom stereocenters. The van der Waals surface area contributed by atoms with E-state index in [1.165, 1.54) is 22.8 Å². The van der Waals surface area contributed by atoms with E-state index in [-0.39, 0.29) is 17.9 Å². The number of anilines is 1. The second-order valence-corrected chi connectivity index (χ2v) is 4.77. The van der Waals surface area contributed by atoms with Crippen molar-refractivity contribution in [1.82, 2.24) is 4.57 Å². The number of H-pyrrole nitrogens is 1. The summed E-state index contributed by atoms with van der Waals surface area (Å²) in [5.41, 5.74) is 1.57. The zero-order valence-corrected chi connectivity index (χ0v) is 11.7. The summed E-state index contributed by atoms with van der Waals surface area (Å²) in [4.78, 5) is 25.2. The van der Waals surface area contributed by atoms with Crippen molar-refractivity contribution >= 4 is 22.6 Å². The zero-order valence-electron chi connectivity index (χ0n) is 11.7. The Morgan fingerprint density at radius 1 is 1.41 bits per heavy atom. The second kappa shape index (κ2) is 5.32. The third kappa shape index (κ3) is 2.41. The van der Waals surface area contributed by atoms with Crippen LogP contribution in [0.3, 0.4) is 0 Å². The van der Waals surface area contributed by atoms with Crippen LogP contribution < -0.4 is 16.1 Å². The summed E-state index contributed by atoms with van der Waals surface area (Å²) in [5.74, 6) is 0.210. The van der Waals surface area contributed by atoms with Gasteiger partial charge in [0.2, 0.25) is 0 Å². The Labute approximate surface area is 124 Å². The van der Waals surface area contributed by atoms with Gasteiger partial charge in [0.15, 0.2) is 12.3 Å². The van der Waals surface area contributed by atoms with Crippen molar-refractivity contribution in [3.05, 3.63) is 62.8 Å². The lowest BCUT2D eigenvalue weighted by Gasteiger charge is -2.02. The van der Waals surface area contributed by atoms with Crippen LogP contribution in [-0.4, -0.2) is 9.49 Å². The van der Waals surface area contributed by atoms with Crippen molar-refractivity contribution in [2.45, 2.75) is 13.6 Å². The molecular formula is C14H13N4O4+. The van der Waals surface area contributed by atoms with E-state index < -0.39 is 10.7 Å². The van der Waals surface area contributed by atoms with E-state index in [1.807, 2.05) is 19.1 Å². The molecule has 3 rings (SSSR count). The maximum atomic E-state index is 11.9. The number of non-ortho nitro benzene ring substituents is 1. The highest BCUT2D eigenvalue weighted by atomic mass is 16.6. The molecule has 1 aromatic carbocycles. The molecule has 0 fully saturated rings. The Bertz CT molecular complexity index is 913. The number of nitro groups is 1. The first-order valence-electron chi connectivity index (χ1n) is 6.55. The van der Waals surface area contributed by atoms with Crippen LogP contribution in [0.4, 0.5) is 11.5 Å². The molecule has 8 heteroatoms. The van der Waals surface area contributed by atoms with E-state index in [9.17, 15) is 14.9 Å². The first-order chi connectivity index (χ1) is 10.6. The van der Waals surface area contributed by atoms with Crippen LogP contribution in [0.5, 0.6) is 0 Å². The highest BCUT2D eigenvalue weighted by Gasteiger charge is 2.15. The molecule has 0 amide bonds. The van der Waals surface area contributed by atoms with E-state index in [2.05, 4.69) is 10.3 Å². The van der Waals surface area contributed by atoms with Gasteiger partial charge < -0.3 is 4.42 Å². The third-order valence-corrected chi connectivity index (χ3v) is 3.34.